The Bertz CT molecular complexity index is 968. The Balaban J connectivity index is 7.55. The number of hydrogen-bond acceptors (Lipinski definition) is 2. The van der Waals surface area contributed by atoms with Crippen LogP contribution in [0.15, 0.2) is 12.2 Å². The van der Waals surface area contributed by atoms with Gasteiger partial charge in [-0.2, -0.15) is 96.6 Å². The summed E-state index contributed by atoms with van der Waals surface area (Å²) in [5.41, 5.74) is -10.8. The van der Waals surface area contributed by atoms with Gasteiger partial charge in [-0.15, -0.1) is 0 Å². The topological polar surface area (TPSA) is 26.3 Å². The van der Waals surface area contributed by atoms with Crippen molar-refractivity contribution in [2.24, 2.45) is 0 Å². The van der Waals surface area contributed by atoms with Gasteiger partial charge in [-0.25, -0.2) is 9.18 Å². The third-order valence-electron chi connectivity index (χ3n) is 4.54. The third kappa shape index (κ3) is 4.57. The molecule has 1 atom stereocenters. The van der Waals surface area contributed by atoms with Crippen LogP contribution in [-0.2, 0) is 9.53 Å². The summed E-state index contributed by atoms with van der Waals surface area (Å²) >= 11 is 0. The minimum absolute atomic E-state index is 0.102. The molecular formula is C15H5F23O2. The van der Waals surface area contributed by atoms with Gasteiger partial charge in [-0.05, 0) is 6.92 Å². The summed E-state index contributed by atoms with van der Waals surface area (Å²) in [6.07, 6.45) is -25.1. The number of ether oxygens (including phenoxy) is 1. The lowest BCUT2D eigenvalue weighted by molar-refractivity contribution is -0.489. The van der Waals surface area contributed by atoms with Crippen molar-refractivity contribution in [3.63, 3.8) is 0 Å². The van der Waals surface area contributed by atoms with Gasteiger partial charge in [0.25, 0.3) is 0 Å². The van der Waals surface area contributed by atoms with Crippen LogP contribution in [0.5, 0.6) is 0 Å². The van der Waals surface area contributed by atoms with Crippen LogP contribution in [0.2, 0.25) is 0 Å². The van der Waals surface area contributed by atoms with Gasteiger partial charge in [-0.1, -0.05) is 6.58 Å². The predicted octanol–water partition coefficient (Wildman–Crippen LogP) is 7.98. The van der Waals surface area contributed by atoms with E-state index >= 15 is 0 Å². The fraction of sp³-hybridized carbons (Fsp3) is 0.800. The molecule has 0 aliphatic carbocycles. The Hall–Kier alpha value is -2.40. The fourth-order valence-corrected chi connectivity index (χ4v) is 2.24. The fourth-order valence-electron chi connectivity index (χ4n) is 2.24. The molecule has 1 unspecified atom stereocenters. The van der Waals surface area contributed by atoms with Crippen molar-refractivity contribution in [2.75, 3.05) is 0 Å². The predicted molar refractivity (Wildman–Crippen MR) is 76.4 cm³/mol. The van der Waals surface area contributed by atoms with Gasteiger partial charge in [-0.3, -0.25) is 0 Å². The molecule has 0 spiro atoms. The standard InChI is InChI=1S/C15H5F23O2/c1-3(2)4(39)40-12(29,15(36,37)38)11(27,28)10(25,26)9(23,24)8(21,22)7(19,20)6(17,18)5(16,13(30,31)32)14(33,34)35/h1H2,2H3. The molecular weight excluding hydrogens is 649 g/mol. The Kier molecular flexibility index (Phi) is 8.75. The van der Waals surface area contributed by atoms with Gasteiger partial charge >= 0.3 is 71.6 Å². The van der Waals surface area contributed by atoms with Crippen molar-refractivity contribution in [3.8, 4) is 0 Å². The maximum atomic E-state index is 14.0. The van der Waals surface area contributed by atoms with Crippen LogP contribution in [0, 0.1) is 0 Å². The van der Waals surface area contributed by atoms with Crippen LogP contribution in [0.25, 0.3) is 0 Å². The molecule has 0 bridgehead atoms. The van der Waals surface area contributed by atoms with E-state index in [1.54, 1.807) is 0 Å². The monoisotopic (exact) mass is 654 g/mol. The number of rotatable bonds is 9. The van der Waals surface area contributed by atoms with Gasteiger partial charge in [0.1, 0.15) is 0 Å². The van der Waals surface area contributed by atoms with Gasteiger partial charge in [0, 0.05) is 5.57 Å². The average molecular weight is 654 g/mol. The van der Waals surface area contributed by atoms with Crippen molar-refractivity contribution >= 4 is 5.97 Å². The van der Waals surface area contributed by atoms with E-state index in [1.807, 2.05) is 0 Å². The van der Waals surface area contributed by atoms with Crippen molar-refractivity contribution in [2.45, 2.75) is 72.5 Å². The highest BCUT2D eigenvalue weighted by Gasteiger charge is 3.00. The normalized spacial score (nSPS) is 17.4. The lowest BCUT2D eigenvalue weighted by Gasteiger charge is -2.46. The highest BCUT2D eigenvalue weighted by atomic mass is 19.4. The first-order valence-corrected chi connectivity index (χ1v) is 8.56. The highest BCUT2D eigenvalue weighted by Crippen LogP contribution is 2.67. The first kappa shape index (κ1) is 37.6. The summed E-state index contributed by atoms with van der Waals surface area (Å²) in [6.45, 7) is 2.37. The highest BCUT2D eigenvalue weighted by molar-refractivity contribution is 5.87. The van der Waals surface area contributed by atoms with Crippen LogP contribution in [0.4, 0.5) is 101 Å². The number of alkyl halides is 23. The van der Waals surface area contributed by atoms with Crippen molar-refractivity contribution in [1.29, 1.82) is 0 Å². The first-order chi connectivity index (χ1) is 16.8. The molecule has 40 heavy (non-hydrogen) atoms. The molecule has 0 aliphatic heterocycles. The quantitative estimate of drug-likeness (QED) is 0.143. The summed E-state index contributed by atoms with van der Waals surface area (Å²) in [7, 11) is 0. The second kappa shape index (κ2) is 9.31. The minimum atomic E-state index is -9.55. The Morgan fingerprint density at radius 1 is 0.450 bits per heavy atom. The van der Waals surface area contributed by atoms with Gasteiger partial charge in [0.05, 0.1) is 0 Å². The van der Waals surface area contributed by atoms with E-state index in [0.717, 1.165) is 0 Å². The zero-order valence-electron chi connectivity index (χ0n) is 17.7. The lowest BCUT2D eigenvalue weighted by Crippen LogP contribution is -2.79. The molecule has 0 amide bonds. The molecule has 0 rings (SSSR count). The zero-order valence-corrected chi connectivity index (χ0v) is 17.7. The minimum Gasteiger partial charge on any atom is -0.411 e. The van der Waals surface area contributed by atoms with E-state index in [0.29, 0.717) is 0 Å². The molecule has 0 saturated carbocycles. The Morgan fingerprint density at radius 3 is 0.925 bits per heavy atom. The number of esters is 1. The van der Waals surface area contributed by atoms with E-state index < -0.39 is 77.1 Å². The molecule has 2 nitrogen and oxygen atoms in total. The maximum Gasteiger partial charge on any atom is 0.467 e. The molecule has 0 aromatic carbocycles. The summed E-state index contributed by atoms with van der Waals surface area (Å²) in [6, 6.07) is 0. The number of hydrogen-bond donors (Lipinski definition) is 0. The number of carbonyl (C=O) groups excluding carboxylic acids is 1. The van der Waals surface area contributed by atoms with Crippen LogP contribution >= 0.6 is 0 Å². The molecule has 0 N–H and O–H groups in total. The number of carbonyl (C=O) groups is 1. The Labute approximate surface area is 202 Å². The third-order valence-corrected chi connectivity index (χ3v) is 4.54. The van der Waals surface area contributed by atoms with E-state index in [2.05, 4.69) is 11.3 Å². The zero-order chi connectivity index (χ0) is 33.4. The van der Waals surface area contributed by atoms with Gasteiger partial charge in [0.2, 0.25) is 0 Å². The molecule has 238 valence electrons. The van der Waals surface area contributed by atoms with Crippen molar-refractivity contribution in [3.05, 3.63) is 12.2 Å². The molecule has 0 aromatic heterocycles. The maximum absolute atomic E-state index is 14.0. The Morgan fingerprint density at radius 2 is 0.700 bits per heavy atom. The molecule has 0 radical (unpaired) electrons. The second-order valence-electron chi connectivity index (χ2n) is 7.36. The summed E-state index contributed by atoms with van der Waals surface area (Å²) in [5, 5.41) is 0. The van der Waals surface area contributed by atoms with E-state index in [1.165, 1.54) is 0 Å². The van der Waals surface area contributed by atoms with Crippen LogP contribution < -0.4 is 0 Å². The summed E-state index contributed by atoms with van der Waals surface area (Å²) in [5.74, 6) is -67.3. The van der Waals surface area contributed by atoms with Crippen LogP contribution in [0.3, 0.4) is 0 Å². The van der Waals surface area contributed by atoms with Crippen LogP contribution in [-0.4, -0.2) is 71.6 Å². The molecule has 25 heteroatoms. The van der Waals surface area contributed by atoms with Crippen LogP contribution in [0.1, 0.15) is 6.92 Å². The summed E-state index contributed by atoms with van der Waals surface area (Å²) < 4.78 is 306. The first-order valence-electron chi connectivity index (χ1n) is 8.56. The molecule has 0 saturated heterocycles. The SMILES string of the molecule is C=C(C)C(=O)OC(F)(C(F)(F)F)C(F)(F)C(F)(F)C(F)(F)C(F)(F)C(F)(F)C(F)(F)C(F)(C(F)(F)F)C(F)(F)F. The number of halogens is 23. The molecule has 0 heterocycles. The molecule has 0 fully saturated rings. The van der Waals surface area contributed by atoms with Crippen molar-refractivity contribution in [1.82, 2.24) is 0 Å². The van der Waals surface area contributed by atoms with Gasteiger partial charge in [0.15, 0.2) is 0 Å². The van der Waals surface area contributed by atoms with Crippen molar-refractivity contribution < 1.29 is 111 Å². The lowest BCUT2D eigenvalue weighted by atomic mass is 9.83. The summed E-state index contributed by atoms with van der Waals surface area (Å²) in [4.78, 5) is 11.0. The second-order valence-corrected chi connectivity index (χ2v) is 7.36. The smallest absolute Gasteiger partial charge is 0.411 e. The average Bonchev–Trinajstić information content (AvgIpc) is 2.69. The van der Waals surface area contributed by atoms with Gasteiger partial charge < -0.3 is 4.74 Å². The van der Waals surface area contributed by atoms with E-state index in [4.69, 9.17) is 0 Å². The van der Waals surface area contributed by atoms with E-state index in [9.17, 15) is 106 Å². The molecule has 0 aliphatic rings. The largest absolute Gasteiger partial charge is 0.467 e. The molecule has 0 aromatic rings. The van der Waals surface area contributed by atoms with E-state index in [-0.39, 0.29) is 6.92 Å².